The van der Waals surface area contributed by atoms with Crippen LogP contribution in [0.2, 0.25) is 0 Å². The van der Waals surface area contributed by atoms with Gasteiger partial charge in [-0.2, -0.15) is 11.8 Å². The Morgan fingerprint density at radius 2 is 2.35 bits per heavy atom. The van der Waals surface area contributed by atoms with Gasteiger partial charge in [-0.15, -0.1) is 0 Å². The molecule has 0 bridgehead atoms. The van der Waals surface area contributed by atoms with Crippen LogP contribution < -0.4 is 10.6 Å². The molecule has 5 nitrogen and oxygen atoms in total. The van der Waals surface area contributed by atoms with E-state index >= 15 is 0 Å². The van der Waals surface area contributed by atoms with E-state index < -0.39 is 0 Å². The molecule has 1 aromatic carbocycles. The molecule has 1 fully saturated rings. The smallest absolute Gasteiger partial charge is 0.226 e. The van der Waals surface area contributed by atoms with Crippen LogP contribution in [0.3, 0.4) is 0 Å². The van der Waals surface area contributed by atoms with Gasteiger partial charge in [-0.3, -0.25) is 4.79 Å². The van der Waals surface area contributed by atoms with Crippen LogP contribution in [0, 0.1) is 13.8 Å². The summed E-state index contributed by atoms with van der Waals surface area (Å²) in [6.45, 7) is 4.79. The number of oxazole rings is 1. The van der Waals surface area contributed by atoms with E-state index in [0.29, 0.717) is 12.3 Å². The van der Waals surface area contributed by atoms with Crippen LogP contribution in [0.1, 0.15) is 17.9 Å². The third-order valence-corrected chi connectivity index (χ3v) is 4.98. The molecule has 2 heterocycles. The zero-order chi connectivity index (χ0) is 16.2. The molecule has 1 aliphatic heterocycles. The highest BCUT2D eigenvalue weighted by Crippen LogP contribution is 2.24. The second kappa shape index (κ2) is 7.19. The maximum absolute atomic E-state index is 12.2. The summed E-state index contributed by atoms with van der Waals surface area (Å²) in [6, 6.07) is 7.86. The molecular weight excluding hydrogens is 310 g/mol. The highest BCUT2D eigenvalue weighted by molar-refractivity contribution is 7.99. The summed E-state index contributed by atoms with van der Waals surface area (Å²) in [4.78, 5) is 16.6. The van der Waals surface area contributed by atoms with Gasteiger partial charge in [0.15, 0.2) is 0 Å². The van der Waals surface area contributed by atoms with Crippen molar-refractivity contribution in [2.75, 3.05) is 23.4 Å². The van der Waals surface area contributed by atoms with Crippen molar-refractivity contribution in [2.24, 2.45) is 0 Å². The third-order valence-electron chi connectivity index (χ3n) is 3.85. The molecule has 1 aliphatic rings. The van der Waals surface area contributed by atoms with Crippen molar-refractivity contribution in [1.29, 1.82) is 0 Å². The summed E-state index contributed by atoms with van der Waals surface area (Å²) in [5.74, 6) is 3.54. The SMILES string of the molecule is Cc1nc(-c2cccc(NC(=O)CC3CSCCN3)c2)oc1C. The minimum Gasteiger partial charge on any atom is -0.441 e. The maximum atomic E-state index is 12.2. The van der Waals surface area contributed by atoms with Gasteiger partial charge in [0.25, 0.3) is 0 Å². The first-order chi connectivity index (χ1) is 11.1. The fourth-order valence-electron chi connectivity index (χ4n) is 2.51. The van der Waals surface area contributed by atoms with Crippen molar-refractivity contribution in [3.63, 3.8) is 0 Å². The lowest BCUT2D eigenvalue weighted by Crippen LogP contribution is -2.39. The van der Waals surface area contributed by atoms with Gasteiger partial charge in [0, 0.05) is 41.8 Å². The Kier molecular flexibility index (Phi) is 5.03. The number of aryl methyl sites for hydroxylation is 2. The molecule has 1 amide bonds. The van der Waals surface area contributed by atoms with Crippen LogP contribution in [0.4, 0.5) is 5.69 Å². The van der Waals surface area contributed by atoms with Gasteiger partial charge in [-0.25, -0.2) is 4.98 Å². The van der Waals surface area contributed by atoms with Crippen molar-refractivity contribution >= 4 is 23.4 Å². The number of nitrogens with one attached hydrogen (secondary N) is 2. The number of amides is 1. The Hall–Kier alpha value is -1.79. The van der Waals surface area contributed by atoms with Crippen LogP contribution in [-0.2, 0) is 4.79 Å². The van der Waals surface area contributed by atoms with Gasteiger partial charge in [0.1, 0.15) is 5.76 Å². The van der Waals surface area contributed by atoms with Crippen LogP contribution in [0.5, 0.6) is 0 Å². The number of nitrogens with zero attached hydrogens (tertiary/aromatic N) is 1. The number of hydrogen-bond donors (Lipinski definition) is 2. The molecular formula is C17H21N3O2S. The third kappa shape index (κ3) is 4.14. The molecule has 23 heavy (non-hydrogen) atoms. The molecule has 0 saturated carbocycles. The maximum Gasteiger partial charge on any atom is 0.226 e. The number of anilines is 1. The highest BCUT2D eigenvalue weighted by atomic mass is 32.2. The van der Waals surface area contributed by atoms with Crippen molar-refractivity contribution in [3.8, 4) is 11.5 Å². The van der Waals surface area contributed by atoms with Gasteiger partial charge in [0.05, 0.1) is 5.69 Å². The molecule has 122 valence electrons. The summed E-state index contributed by atoms with van der Waals surface area (Å²) in [5, 5.41) is 6.34. The van der Waals surface area contributed by atoms with Gasteiger partial charge in [0.2, 0.25) is 11.8 Å². The normalized spacial score (nSPS) is 17.9. The summed E-state index contributed by atoms with van der Waals surface area (Å²) in [6.07, 6.45) is 0.494. The molecule has 0 radical (unpaired) electrons. The predicted octanol–water partition coefficient (Wildman–Crippen LogP) is 2.99. The van der Waals surface area contributed by atoms with E-state index in [-0.39, 0.29) is 11.9 Å². The van der Waals surface area contributed by atoms with E-state index in [0.717, 1.165) is 40.8 Å². The minimum absolute atomic E-state index is 0.0296. The quantitative estimate of drug-likeness (QED) is 0.901. The highest BCUT2D eigenvalue weighted by Gasteiger charge is 2.17. The molecule has 0 aliphatic carbocycles. The van der Waals surface area contributed by atoms with E-state index in [1.54, 1.807) is 0 Å². The van der Waals surface area contributed by atoms with Crippen molar-refractivity contribution < 1.29 is 9.21 Å². The van der Waals surface area contributed by atoms with E-state index in [4.69, 9.17) is 4.42 Å². The Balaban J connectivity index is 1.66. The number of rotatable bonds is 4. The average Bonchev–Trinajstić information content (AvgIpc) is 2.88. The summed E-state index contributed by atoms with van der Waals surface area (Å²) >= 11 is 1.89. The number of thioether (sulfide) groups is 1. The Morgan fingerprint density at radius 1 is 1.48 bits per heavy atom. The van der Waals surface area contributed by atoms with Crippen LogP contribution in [0.25, 0.3) is 11.5 Å². The van der Waals surface area contributed by atoms with E-state index in [1.165, 1.54) is 0 Å². The molecule has 1 atom stereocenters. The molecule has 6 heteroatoms. The standard InChI is InChI=1S/C17H21N3O2S/c1-11-12(2)22-17(19-11)13-4-3-5-14(8-13)20-16(21)9-15-10-23-7-6-18-15/h3-5,8,15,18H,6-7,9-10H2,1-2H3,(H,20,21). The van der Waals surface area contributed by atoms with Gasteiger partial charge in [-0.05, 0) is 32.0 Å². The first kappa shape index (κ1) is 16.1. The topological polar surface area (TPSA) is 67.2 Å². The Morgan fingerprint density at radius 3 is 3.04 bits per heavy atom. The van der Waals surface area contributed by atoms with Gasteiger partial charge < -0.3 is 15.1 Å². The number of carbonyl (C=O) groups is 1. The summed E-state index contributed by atoms with van der Waals surface area (Å²) in [5.41, 5.74) is 2.52. The Bertz CT molecular complexity index is 673. The molecule has 1 unspecified atom stereocenters. The lowest BCUT2D eigenvalue weighted by molar-refractivity contribution is -0.116. The Labute approximate surface area is 140 Å². The van der Waals surface area contributed by atoms with Crippen LogP contribution in [-0.4, -0.2) is 35.0 Å². The zero-order valence-corrected chi connectivity index (χ0v) is 14.2. The second-order valence-corrected chi connectivity index (χ2v) is 6.87. The molecule has 1 saturated heterocycles. The second-order valence-electron chi connectivity index (χ2n) is 5.72. The first-order valence-corrected chi connectivity index (χ1v) is 8.93. The largest absolute Gasteiger partial charge is 0.441 e. The predicted molar refractivity (Wildman–Crippen MR) is 93.8 cm³/mol. The molecule has 0 spiro atoms. The van der Waals surface area contributed by atoms with Crippen molar-refractivity contribution in [3.05, 3.63) is 35.7 Å². The fourth-order valence-corrected chi connectivity index (χ4v) is 3.46. The number of carbonyl (C=O) groups excluding carboxylic acids is 1. The summed E-state index contributed by atoms with van der Waals surface area (Å²) in [7, 11) is 0. The number of aromatic nitrogens is 1. The van der Waals surface area contributed by atoms with E-state index in [2.05, 4.69) is 15.6 Å². The molecule has 2 aromatic rings. The monoisotopic (exact) mass is 331 g/mol. The molecule has 2 N–H and O–H groups in total. The van der Waals surface area contributed by atoms with E-state index in [9.17, 15) is 4.79 Å². The lowest BCUT2D eigenvalue weighted by atomic mass is 10.2. The van der Waals surface area contributed by atoms with Gasteiger partial charge in [-0.1, -0.05) is 6.07 Å². The minimum atomic E-state index is 0.0296. The molecule has 3 rings (SSSR count). The lowest BCUT2D eigenvalue weighted by Gasteiger charge is -2.22. The zero-order valence-electron chi connectivity index (χ0n) is 13.4. The fraction of sp³-hybridized carbons (Fsp3) is 0.412. The van der Waals surface area contributed by atoms with Crippen LogP contribution >= 0.6 is 11.8 Å². The average molecular weight is 331 g/mol. The van der Waals surface area contributed by atoms with E-state index in [1.807, 2.05) is 49.9 Å². The first-order valence-electron chi connectivity index (χ1n) is 7.77. The molecule has 1 aromatic heterocycles. The summed E-state index contributed by atoms with van der Waals surface area (Å²) < 4.78 is 5.65. The van der Waals surface area contributed by atoms with Crippen molar-refractivity contribution in [2.45, 2.75) is 26.3 Å². The number of hydrogen-bond acceptors (Lipinski definition) is 5. The van der Waals surface area contributed by atoms with Crippen molar-refractivity contribution in [1.82, 2.24) is 10.3 Å². The van der Waals surface area contributed by atoms with Gasteiger partial charge >= 0.3 is 0 Å². The van der Waals surface area contributed by atoms with Crippen LogP contribution in [0.15, 0.2) is 28.7 Å². The number of benzene rings is 1.